The molecule has 0 bridgehead atoms. The van der Waals surface area contributed by atoms with E-state index in [-0.39, 0.29) is 17.9 Å². The van der Waals surface area contributed by atoms with Gasteiger partial charge in [0.2, 0.25) is 0 Å². The van der Waals surface area contributed by atoms with E-state index in [0.29, 0.717) is 16.9 Å². The zero-order chi connectivity index (χ0) is 20.8. The van der Waals surface area contributed by atoms with Gasteiger partial charge in [-0.1, -0.05) is 24.3 Å². The van der Waals surface area contributed by atoms with Crippen LogP contribution in [0.15, 0.2) is 72.8 Å². The molecule has 3 rings (SSSR count). The third kappa shape index (κ3) is 5.19. The Bertz CT molecular complexity index is 1020. The standard InChI is InChI=1S/C23H22N2O4/c1-16-5-3-7-19(13-16)24-22(18-6-4-8-20(14-18)25(27)28)15-23(26)17-9-11-21(29-2)12-10-17/h3-14,22,24H,15H2,1-2H3. The predicted octanol–water partition coefficient (Wildman–Crippen LogP) is 5.34. The summed E-state index contributed by atoms with van der Waals surface area (Å²) in [5.74, 6) is 0.610. The molecular weight excluding hydrogens is 368 g/mol. The van der Waals surface area contributed by atoms with Crippen molar-refractivity contribution in [1.82, 2.24) is 0 Å². The molecule has 1 atom stereocenters. The highest BCUT2D eigenvalue weighted by Crippen LogP contribution is 2.28. The zero-order valence-electron chi connectivity index (χ0n) is 16.3. The SMILES string of the molecule is COc1ccc(C(=O)CC(Nc2cccc(C)c2)c2cccc([N+](=O)[O-])c2)cc1. The Morgan fingerprint density at radius 2 is 1.79 bits per heavy atom. The number of ketones is 1. The summed E-state index contributed by atoms with van der Waals surface area (Å²) in [6.07, 6.45) is 0.154. The van der Waals surface area contributed by atoms with Gasteiger partial charge in [0.15, 0.2) is 5.78 Å². The van der Waals surface area contributed by atoms with E-state index in [1.165, 1.54) is 12.1 Å². The van der Waals surface area contributed by atoms with Crippen LogP contribution in [0.25, 0.3) is 0 Å². The molecule has 3 aromatic carbocycles. The number of methoxy groups -OCH3 is 1. The van der Waals surface area contributed by atoms with Crippen LogP contribution in [0.5, 0.6) is 5.75 Å². The molecular formula is C23H22N2O4. The summed E-state index contributed by atoms with van der Waals surface area (Å²) in [6, 6.07) is 20.7. The number of nitro benzene ring substituents is 1. The van der Waals surface area contributed by atoms with Crippen LogP contribution in [0, 0.1) is 17.0 Å². The molecule has 6 nitrogen and oxygen atoms in total. The van der Waals surface area contributed by atoms with Gasteiger partial charge in [-0.25, -0.2) is 0 Å². The van der Waals surface area contributed by atoms with Gasteiger partial charge in [0.1, 0.15) is 5.75 Å². The van der Waals surface area contributed by atoms with Crippen LogP contribution in [-0.4, -0.2) is 17.8 Å². The number of benzene rings is 3. The molecule has 29 heavy (non-hydrogen) atoms. The zero-order valence-corrected chi connectivity index (χ0v) is 16.3. The van der Waals surface area contributed by atoms with E-state index in [4.69, 9.17) is 4.74 Å². The fraction of sp³-hybridized carbons (Fsp3) is 0.174. The number of anilines is 1. The van der Waals surface area contributed by atoms with Crippen LogP contribution < -0.4 is 10.1 Å². The van der Waals surface area contributed by atoms with Gasteiger partial charge >= 0.3 is 0 Å². The molecule has 0 heterocycles. The predicted molar refractivity (Wildman–Crippen MR) is 113 cm³/mol. The molecule has 0 saturated heterocycles. The van der Waals surface area contributed by atoms with Crippen molar-refractivity contribution in [2.45, 2.75) is 19.4 Å². The van der Waals surface area contributed by atoms with Crippen LogP contribution in [0.2, 0.25) is 0 Å². The fourth-order valence-corrected chi connectivity index (χ4v) is 3.12. The van der Waals surface area contributed by atoms with E-state index in [1.54, 1.807) is 43.5 Å². The maximum Gasteiger partial charge on any atom is 0.269 e. The largest absolute Gasteiger partial charge is 0.497 e. The Hall–Kier alpha value is -3.67. The van der Waals surface area contributed by atoms with Gasteiger partial charge in [0.05, 0.1) is 18.1 Å². The highest BCUT2D eigenvalue weighted by molar-refractivity contribution is 5.96. The van der Waals surface area contributed by atoms with E-state index in [1.807, 2.05) is 31.2 Å². The van der Waals surface area contributed by atoms with Crippen molar-refractivity contribution in [3.63, 3.8) is 0 Å². The third-order valence-electron chi connectivity index (χ3n) is 4.64. The van der Waals surface area contributed by atoms with Crippen molar-refractivity contribution in [3.8, 4) is 5.75 Å². The minimum absolute atomic E-state index is 0.00422. The Labute approximate surface area is 169 Å². The number of non-ortho nitro benzene ring substituents is 1. The summed E-state index contributed by atoms with van der Waals surface area (Å²) in [7, 11) is 1.57. The van der Waals surface area contributed by atoms with Crippen molar-refractivity contribution in [2.24, 2.45) is 0 Å². The number of nitrogens with one attached hydrogen (secondary N) is 1. The van der Waals surface area contributed by atoms with Gasteiger partial charge in [-0.05, 0) is 54.4 Å². The van der Waals surface area contributed by atoms with Crippen LogP contribution >= 0.6 is 0 Å². The number of hydrogen-bond acceptors (Lipinski definition) is 5. The van der Waals surface area contributed by atoms with E-state index in [9.17, 15) is 14.9 Å². The normalized spacial score (nSPS) is 11.5. The monoisotopic (exact) mass is 390 g/mol. The summed E-state index contributed by atoms with van der Waals surface area (Å²) in [5, 5.41) is 14.5. The summed E-state index contributed by atoms with van der Waals surface area (Å²) in [6.45, 7) is 1.98. The lowest BCUT2D eigenvalue weighted by atomic mass is 9.97. The first-order valence-electron chi connectivity index (χ1n) is 9.21. The molecule has 0 aliphatic rings. The fourth-order valence-electron chi connectivity index (χ4n) is 3.12. The second-order valence-electron chi connectivity index (χ2n) is 6.77. The van der Waals surface area contributed by atoms with Gasteiger partial charge in [0, 0.05) is 29.8 Å². The lowest BCUT2D eigenvalue weighted by Crippen LogP contribution is -2.16. The van der Waals surface area contributed by atoms with Gasteiger partial charge in [0.25, 0.3) is 5.69 Å². The molecule has 0 aromatic heterocycles. The number of ether oxygens (including phenoxy) is 1. The Kier molecular flexibility index (Phi) is 6.24. The topological polar surface area (TPSA) is 81.5 Å². The van der Waals surface area contributed by atoms with Crippen molar-refractivity contribution in [2.75, 3.05) is 12.4 Å². The lowest BCUT2D eigenvalue weighted by Gasteiger charge is -2.20. The van der Waals surface area contributed by atoms with Gasteiger partial charge in [-0.15, -0.1) is 0 Å². The van der Waals surface area contributed by atoms with E-state index in [2.05, 4.69) is 5.32 Å². The number of aryl methyl sites for hydroxylation is 1. The number of hydrogen-bond donors (Lipinski definition) is 1. The number of Topliss-reactive ketones (excluding diaryl/α,β-unsaturated/α-hetero) is 1. The Morgan fingerprint density at radius 1 is 1.07 bits per heavy atom. The van der Waals surface area contributed by atoms with E-state index in [0.717, 1.165) is 11.3 Å². The maximum atomic E-state index is 12.9. The Morgan fingerprint density at radius 3 is 2.45 bits per heavy atom. The molecule has 148 valence electrons. The van der Waals surface area contributed by atoms with Crippen LogP contribution in [0.4, 0.5) is 11.4 Å². The minimum Gasteiger partial charge on any atom is -0.497 e. The summed E-state index contributed by atoms with van der Waals surface area (Å²) in [5.41, 5.74) is 3.17. The highest BCUT2D eigenvalue weighted by atomic mass is 16.6. The quantitative estimate of drug-likeness (QED) is 0.319. The first kappa shape index (κ1) is 20.1. The van der Waals surface area contributed by atoms with Gasteiger partial charge in [-0.2, -0.15) is 0 Å². The average Bonchev–Trinajstić information content (AvgIpc) is 2.73. The molecule has 0 amide bonds. The van der Waals surface area contributed by atoms with Crippen LogP contribution in [-0.2, 0) is 0 Å². The molecule has 0 saturated carbocycles. The van der Waals surface area contributed by atoms with Crippen molar-refractivity contribution < 1.29 is 14.5 Å². The van der Waals surface area contributed by atoms with Crippen molar-refractivity contribution in [3.05, 3.63) is 99.6 Å². The highest BCUT2D eigenvalue weighted by Gasteiger charge is 2.20. The summed E-state index contributed by atoms with van der Waals surface area (Å²) >= 11 is 0. The van der Waals surface area contributed by atoms with Crippen molar-refractivity contribution >= 4 is 17.2 Å². The molecule has 0 spiro atoms. The molecule has 6 heteroatoms. The van der Waals surface area contributed by atoms with Gasteiger partial charge in [-0.3, -0.25) is 14.9 Å². The molecule has 1 N–H and O–H groups in total. The number of nitro groups is 1. The number of nitrogens with zero attached hydrogens (tertiary/aromatic N) is 1. The van der Waals surface area contributed by atoms with E-state index < -0.39 is 11.0 Å². The Balaban J connectivity index is 1.90. The second-order valence-corrected chi connectivity index (χ2v) is 6.77. The molecule has 1 unspecified atom stereocenters. The molecule has 0 aliphatic heterocycles. The molecule has 0 fully saturated rings. The molecule has 0 radical (unpaired) electrons. The first-order valence-corrected chi connectivity index (χ1v) is 9.21. The lowest BCUT2D eigenvalue weighted by molar-refractivity contribution is -0.384. The number of carbonyl (C=O) groups excluding carboxylic acids is 1. The van der Waals surface area contributed by atoms with Gasteiger partial charge < -0.3 is 10.1 Å². The summed E-state index contributed by atoms with van der Waals surface area (Å²) in [4.78, 5) is 23.6. The second kappa shape index (κ2) is 9.01. The smallest absolute Gasteiger partial charge is 0.269 e. The average molecular weight is 390 g/mol. The minimum atomic E-state index is -0.432. The molecule has 3 aromatic rings. The number of carbonyl (C=O) groups is 1. The third-order valence-corrected chi connectivity index (χ3v) is 4.64. The van der Waals surface area contributed by atoms with Crippen LogP contribution in [0.1, 0.15) is 33.9 Å². The van der Waals surface area contributed by atoms with Crippen molar-refractivity contribution in [1.29, 1.82) is 0 Å². The number of rotatable bonds is 8. The maximum absolute atomic E-state index is 12.9. The van der Waals surface area contributed by atoms with E-state index >= 15 is 0 Å². The summed E-state index contributed by atoms with van der Waals surface area (Å²) < 4.78 is 5.14. The first-order chi connectivity index (χ1) is 14.0. The molecule has 0 aliphatic carbocycles. The van der Waals surface area contributed by atoms with Crippen LogP contribution in [0.3, 0.4) is 0 Å².